The number of amides is 1. The molecule has 1 aliphatic heterocycles. The highest BCUT2D eigenvalue weighted by Crippen LogP contribution is 2.26. The van der Waals surface area contributed by atoms with Gasteiger partial charge in [-0.1, -0.05) is 19.0 Å². The molecule has 8 nitrogen and oxygen atoms in total. The molecule has 160 valence electrons. The lowest BCUT2D eigenvalue weighted by atomic mass is 10.0. The highest BCUT2D eigenvalue weighted by molar-refractivity contribution is 6.06. The number of aryl methyl sites for hydroxylation is 2. The SMILES string of the molecule is Cc1ccc(C(CNC(=O)c2cc(C(C)C)nc3onc(C)c23)N2CCOCC2)o1. The second-order valence-corrected chi connectivity index (χ2v) is 8.02. The second kappa shape index (κ2) is 8.57. The Morgan fingerprint density at radius 2 is 2.00 bits per heavy atom. The van der Waals surface area contributed by atoms with Crippen LogP contribution in [0.3, 0.4) is 0 Å². The van der Waals surface area contributed by atoms with Crippen molar-refractivity contribution in [1.29, 1.82) is 0 Å². The Bertz CT molecular complexity index is 1030. The van der Waals surface area contributed by atoms with Gasteiger partial charge in [-0.25, -0.2) is 4.98 Å². The Labute approximate surface area is 175 Å². The number of ether oxygens (including phenoxy) is 1. The van der Waals surface area contributed by atoms with Crippen molar-refractivity contribution in [2.75, 3.05) is 32.8 Å². The standard InChI is InChI=1S/C22H28N4O4/c1-13(2)17-11-16(20-15(4)25-30-22(20)24-17)21(27)23-12-18(19-6-5-14(3)29-19)26-7-9-28-10-8-26/h5-6,11,13,18H,7-10,12H2,1-4H3,(H,23,27). The van der Waals surface area contributed by atoms with Crippen LogP contribution in [0.1, 0.15) is 59.1 Å². The molecule has 1 saturated heterocycles. The third-order valence-electron chi connectivity index (χ3n) is 5.51. The van der Waals surface area contributed by atoms with Gasteiger partial charge in [-0.3, -0.25) is 9.69 Å². The van der Waals surface area contributed by atoms with Gasteiger partial charge in [-0.15, -0.1) is 0 Å². The molecule has 0 saturated carbocycles. The molecule has 1 atom stereocenters. The molecule has 0 spiro atoms. The van der Waals surface area contributed by atoms with Crippen molar-refractivity contribution in [2.45, 2.75) is 39.7 Å². The Kier molecular flexibility index (Phi) is 5.87. The summed E-state index contributed by atoms with van der Waals surface area (Å²) in [7, 11) is 0. The lowest BCUT2D eigenvalue weighted by Crippen LogP contribution is -2.43. The molecule has 0 aromatic carbocycles. The van der Waals surface area contributed by atoms with Crippen LogP contribution in [-0.4, -0.2) is 53.8 Å². The van der Waals surface area contributed by atoms with E-state index in [2.05, 4.69) is 20.4 Å². The van der Waals surface area contributed by atoms with Crippen LogP contribution in [0.5, 0.6) is 0 Å². The predicted octanol–water partition coefficient (Wildman–Crippen LogP) is 3.36. The van der Waals surface area contributed by atoms with Gasteiger partial charge in [-0.05, 0) is 38.0 Å². The van der Waals surface area contributed by atoms with Gasteiger partial charge in [0, 0.05) is 25.3 Å². The Morgan fingerprint density at radius 3 is 2.67 bits per heavy atom. The zero-order valence-electron chi connectivity index (χ0n) is 17.9. The molecule has 0 radical (unpaired) electrons. The van der Waals surface area contributed by atoms with Gasteiger partial charge in [0.15, 0.2) is 0 Å². The van der Waals surface area contributed by atoms with E-state index in [0.29, 0.717) is 42.1 Å². The number of aromatic nitrogens is 2. The van der Waals surface area contributed by atoms with Crippen molar-refractivity contribution in [3.63, 3.8) is 0 Å². The fourth-order valence-corrected chi connectivity index (χ4v) is 3.80. The lowest BCUT2D eigenvalue weighted by Gasteiger charge is -2.33. The summed E-state index contributed by atoms with van der Waals surface area (Å²) < 4.78 is 16.7. The highest BCUT2D eigenvalue weighted by atomic mass is 16.5. The summed E-state index contributed by atoms with van der Waals surface area (Å²) >= 11 is 0. The van der Waals surface area contributed by atoms with Crippen molar-refractivity contribution < 1.29 is 18.5 Å². The van der Waals surface area contributed by atoms with Crippen molar-refractivity contribution in [3.8, 4) is 0 Å². The van der Waals surface area contributed by atoms with Gasteiger partial charge in [0.25, 0.3) is 11.6 Å². The Balaban J connectivity index is 1.60. The molecule has 3 aromatic rings. The minimum Gasteiger partial charge on any atom is -0.465 e. The molecule has 0 bridgehead atoms. The first kappa shape index (κ1) is 20.6. The second-order valence-electron chi connectivity index (χ2n) is 8.02. The van der Waals surface area contributed by atoms with Crippen LogP contribution in [-0.2, 0) is 4.74 Å². The molecule has 1 fully saturated rings. The number of rotatable bonds is 6. The number of hydrogen-bond donors (Lipinski definition) is 1. The lowest BCUT2D eigenvalue weighted by molar-refractivity contribution is 0.0117. The van der Waals surface area contributed by atoms with Crippen LogP contribution in [0.15, 0.2) is 27.1 Å². The number of furan rings is 1. The minimum absolute atomic E-state index is 0.0583. The van der Waals surface area contributed by atoms with E-state index in [-0.39, 0.29) is 17.9 Å². The number of nitrogens with one attached hydrogen (secondary N) is 1. The maximum Gasteiger partial charge on any atom is 0.259 e. The molecule has 1 unspecified atom stereocenters. The number of hydrogen-bond acceptors (Lipinski definition) is 7. The van der Waals surface area contributed by atoms with E-state index >= 15 is 0 Å². The number of nitrogens with zero attached hydrogens (tertiary/aromatic N) is 3. The molecule has 8 heteroatoms. The van der Waals surface area contributed by atoms with Gasteiger partial charge >= 0.3 is 0 Å². The van der Waals surface area contributed by atoms with Crippen LogP contribution < -0.4 is 5.32 Å². The summed E-state index contributed by atoms with van der Waals surface area (Å²) in [5.74, 6) is 1.70. The first-order valence-electron chi connectivity index (χ1n) is 10.4. The van der Waals surface area contributed by atoms with Crippen LogP contribution in [0.2, 0.25) is 0 Å². The minimum atomic E-state index is -0.169. The van der Waals surface area contributed by atoms with Crippen LogP contribution in [0.4, 0.5) is 0 Å². The van der Waals surface area contributed by atoms with Crippen molar-refractivity contribution in [2.24, 2.45) is 0 Å². The quantitative estimate of drug-likeness (QED) is 0.663. The zero-order chi connectivity index (χ0) is 21.3. The maximum atomic E-state index is 13.2. The normalized spacial score (nSPS) is 16.3. The molecule has 1 amide bonds. The average Bonchev–Trinajstić information content (AvgIpc) is 3.34. The Morgan fingerprint density at radius 1 is 1.23 bits per heavy atom. The number of carbonyl (C=O) groups excluding carboxylic acids is 1. The van der Waals surface area contributed by atoms with Gasteiger partial charge in [0.1, 0.15) is 11.5 Å². The van der Waals surface area contributed by atoms with E-state index in [0.717, 1.165) is 30.3 Å². The summed E-state index contributed by atoms with van der Waals surface area (Å²) in [4.78, 5) is 20.0. The first-order valence-corrected chi connectivity index (χ1v) is 10.4. The molecule has 4 heterocycles. The summed E-state index contributed by atoms with van der Waals surface area (Å²) in [6.07, 6.45) is 0. The van der Waals surface area contributed by atoms with E-state index in [1.807, 2.05) is 45.9 Å². The van der Waals surface area contributed by atoms with Gasteiger partial charge < -0.3 is 19.0 Å². The summed E-state index contributed by atoms with van der Waals surface area (Å²) in [6, 6.07) is 5.71. The molecule has 3 aromatic heterocycles. The highest BCUT2D eigenvalue weighted by Gasteiger charge is 2.27. The Hall–Kier alpha value is -2.71. The smallest absolute Gasteiger partial charge is 0.259 e. The third-order valence-corrected chi connectivity index (χ3v) is 5.51. The molecule has 0 aliphatic carbocycles. The average molecular weight is 412 g/mol. The molecule has 30 heavy (non-hydrogen) atoms. The number of fused-ring (bicyclic) bond motifs is 1. The summed E-state index contributed by atoms with van der Waals surface area (Å²) in [5.41, 5.74) is 2.40. The third kappa shape index (κ3) is 4.11. The molecular weight excluding hydrogens is 384 g/mol. The number of morpholine rings is 1. The van der Waals surface area contributed by atoms with Crippen LogP contribution >= 0.6 is 0 Å². The van der Waals surface area contributed by atoms with E-state index in [9.17, 15) is 4.79 Å². The fraction of sp³-hybridized carbons (Fsp3) is 0.500. The molecule has 1 N–H and O–H groups in total. The van der Waals surface area contributed by atoms with Crippen LogP contribution in [0, 0.1) is 13.8 Å². The predicted molar refractivity (Wildman–Crippen MR) is 112 cm³/mol. The molecule has 1 aliphatic rings. The monoisotopic (exact) mass is 412 g/mol. The molecular formula is C22H28N4O4. The largest absolute Gasteiger partial charge is 0.465 e. The number of carbonyl (C=O) groups is 1. The van der Waals surface area contributed by atoms with Gasteiger partial charge in [0.05, 0.1) is 35.9 Å². The summed E-state index contributed by atoms with van der Waals surface area (Å²) in [6.45, 7) is 11.2. The van der Waals surface area contributed by atoms with Crippen molar-refractivity contribution in [3.05, 3.63) is 46.7 Å². The van der Waals surface area contributed by atoms with E-state index in [4.69, 9.17) is 13.7 Å². The summed E-state index contributed by atoms with van der Waals surface area (Å²) in [5, 5.41) is 7.77. The topological polar surface area (TPSA) is 93.6 Å². The van der Waals surface area contributed by atoms with E-state index in [1.165, 1.54) is 0 Å². The zero-order valence-corrected chi connectivity index (χ0v) is 17.9. The van der Waals surface area contributed by atoms with Gasteiger partial charge in [0.2, 0.25) is 0 Å². The van der Waals surface area contributed by atoms with Crippen LogP contribution in [0.25, 0.3) is 11.1 Å². The van der Waals surface area contributed by atoms with Gasteiger partial charge in [-0.2, -0.15) is 0 Å². The van der Waals surface area contributed by atoms with Crippen molar-refractivity contribution in [1.82, 2.24) is 20.4 Å². The first-order chi connectivity index (χ1) is 14.4. The van der Waals surface area contributed by atoms with E-state index in [1.54, 1.807) is 0 Å². The molecule has 4 rings (SSSR count). The van der Waals surface area contributed by atoms with E-state index < -0.39 is 0 Å². The van der Waals surface area contributed by atoms with Crippen molar-refractivity contribution >= 4 is 17.0 Å². The fourth-order valence-electron chi connectivity index (χ4n) is 3.80. The maximum absolute atomic E-state index is 13.2. The number of pyridine rings is 1.